The Balaban J connectivity index is 1.99. The van der Waals surface area contributed by atoms with Crippen LogP contribution in [-0.4, -0.2) is 17.8 Å². The van der Waals surface area contributed by atoms with Crippen LogP contribution in [0, 0.1) is 0 Å². The molecule has 0 aromatic heterocycles. The van der Waals surface area contributed by atoms with Gasteiger partial charge in [0.05, 0.1) is 6.61 Å². The summed E-state index contributed by atoms with van der Waals surface area (Å²) in [6.07, 6.45) is 0.896. The van der Waals surface area contributed by atoms with Crippen LogP contribution in [0.1, 0.15) is 24.8 Å². The van der Waals surface area contributed by atoms with E-state index in [1.165, 1.54) is 5.56 Å². The molecular formula is C17H20BrNO. The lowest BCUT2D eigenvalue weighted by molar-refractivity contribution is 0.264. The molecule has 0 bridgehead atoms. The fourth-order valence-electron chi connectivity index (χ4n) is 2.34. The van der Waals surface area contributed by atoms with E-state index < -0.39 is 0 Å². The topological polar surface area (TPSA) is 32.3 Å². The summed E-state index contributed by atoms with van der Waals surface area (Å²) in [5.41, 5.74) is 2.33. The lowest BCUT2D eigenvalue weighted by Crippen LogP contribution is -2.25. The molecule has 0 aliphatic carbocycles. The van der Waals surface area contributed by atoms with Gasteiger partial charge < -0.3 is 10.4 Å². The van der Waals surface area contributed by atoms with Gasteiger partial charge in [-0.15, -0.1) is 0 Å². The molecule has 0 aliphatic heterocycles. The van der Waals surface area contributed by atoms with Crippen molar-refractivity contribution in [2.75, 3.05) is 11.9 Å². The quantitative estimate of drug-likeness (QED) is 0.820. The standard InChI is InChI=1S/C17H20BrNO/c1-13(14-6-3-2-4-7-14)10-17(12-20)19-16-9-5-8-15(18)11-16/h2-9,11,13,17,19-20H,10,12H2,1H3. The Morgan fingerprint density at radius 2 is 1.85 bits per heavy atom. The molecule has 0 saturated carbocycles. The molecule has 2 atom stereocenters. The molecule has 106 valence electrons. The molecule has 2 aromatic carbocycles. The zero-order valence-corrected chi connectivity index (χ0v) is 13.2. The minimum absolute atomic E-state index is 0.0551. The average Bonchev–Trinajstić information content (AvgIpc) is 2.47. The van der Waals surface area contributed by atoms with Gasteiger partial charge in [0, 0.05) is 16.2 Å². The maximum Gasteiger partial charge on any atom is 0.0633 e. The van der Waals surface area contributed by atoms with Crippen LogP contribution in [-0.2, 0) is 0 Å². The minimum Gasteiger partial charge on any atom is -0.394 e. The van der Waals surface area contributed by atoms with E-state index in [0.717, 1.165) is 16.6 Å². The van der Waals surface area contributed by atoms with Crippen molar-refractivity contribution in [2.24, 2.45) is 0 Å². The smallest absolute Gasteiger partial charge is 0.0633 e. The van der Waals surface area contributed by atoms with Gasteiger partial charge in [-0.2, -0.15) is 0 Å². The second-order valence-electron chi connectivity index (χ2n) is 5.08. The number of aliphatic hydroxyl groups excluding tert-OH is 1. The van der Waals surface area contributed by atoms with Crippen molar-refractivity contribution in [1.29, 1.82) is 0 Å². The predicted octanol–water partition coefficient (Wildman–Crippen LogP) is 4.42. The molecule has 0 aliphatic rings. The van der Waals surface area contributed by atoms with Gasteiger partial charge in [-0.25, -0.2) is 0 Å². The lowest BCUT2D eigenvalue weighted by Gasteiger charge is -2.22. The zero-order chi connectivity index (χ0) is 14.4. The summed E-state index contributed by atoms with van der Waals surface area (Å²) in [7, 11) is 0. The molecule has 0 fully saturated rings. The molecule has 0 radical (unpaired) electrons. The first-order chi connectivity index (χ1) is 9.69. The highest BCUT2D eigenvalue weighted by Crippen LogP contribution is 2.23. The van der Waals surface area contributed by atoms with Crippen molar-refractivity contribution in [3.8, 4) is 0 Å². The lowest BCUT2D eigenvalue weighted by atomic mass is 9.94. The number of aliphatic hydroxyl groups is 1. The summed E-state index contributed by atoms with van der Waals surface area (Å²) in [5, 5.41) is 13.0. The van der Waals surface area contributed by atoms with E-state index in [9.17, 15) is 5.11 Å². The van der Waals surface area contributed by atoms with Gasteiger partial charge in [-0.05, 0) is 36.1 Å². The number of benzene rings is 2. The highest BCUT2D eigenvalue weighted by molar-refractivity contribution is 9.10. The van der Waals surface area contributed by atoms with Crippen molar-refractivity contribution < 1.29 is 5.11 Å². The van der Waals surface area contributed by atoms with Gasteiger partial charge >= 0.3 is 0 Å². The highest BCUT2D eigenvalue weighted by atomic mass is 79.9. The molecule has 0 amide bonds. The first-order valence-corrected chi connectivity index (χ1v) is 7.66. The summed E-state index contributed by atoms with van der Waals surface area (Å²) in [4.78, 5) is 0. The normalized spacial score (nSPS) is 13.8. The third kappa shape index (κ3) is 4.36. The summed E-state index contributed by atoms with van der Waals surface area (Å²) >= 11 is 3.46. The van der Waals surface area contributed by atoms with Crippen molar-refractivity contribution >= 4 is 21.6 Å². The number of halogens is 1. The first kappa shape index (κ1) is 15.1. The SMILES string of the molecule is CC(CC(CO)Nc1cccc(Br)c1)c1ccccc1. The van der Waals surface area contributed by atoms with Crippen LogP contribution < -0.4 is 5.32 Å². The van der Waals surface area contributed by atoms with Crippen molar-refractivity contribution in [3.63, 3.8) is 0 Å². The summed E-state index contributed by atoms with van der Waals surface area (Å²) in [6.45, 7) is 2.32. The minimum atomic E-state index is 0.0551. The van der Waals surface area contributed by atoms with Gasteiger partial charge in [0.2, 0.25) is 0 Å². The molecule has 2 rings (SSSR count). The Bertz CT molecular complexity index is 530. The molecule has 0 saturated heterocycles. The number of nitrogens with one attached hydrogen (secondary N) is 1. The third-order valence-corrected chi connectivity index (χ3v) is 3.92. The van der Waals surface area contributed by atoms with Gasteiger partial charge in [0.1, 0.15) is 0 Å². The van der Waals surface area contributed by atoms with Gasteiger partial charge in [-0.3, -0.25) is 0 Å². The molecular weight excluding hydrogens is 314 g/mol. The number of hydrogen-bond donors (Lipinski definition) is 2. The maximum atomic E-state index is 9.58. The van der Waals surface area contributed by atoms with E-state index in [1.54, 1.807) is 0 Å². The van der Waals surface area contributed by atoms with Gasteiger partial charge in [0.25, 0.3) is 0 Å². The molecule has 2 nitrogen and oxygen atoms in total. The molecule has 20 heavy (non-hydrogen) atoms. The highest BCUT2D eigenvalue weighted by Gasteiger charge is 2.13. The van der Waals surface area contributed by atoms with E-state index in [4.69, 9.17) is 0 Å². The van der Waals surface area contributed by atoms with Crippen molar-refractivity contribution in [1.82, 2.24) is 0 Å². The van der Waals surface area contributed by atoms with Crippen molar-refractivity contribution in [2.45, 2.75) is 25.3 Å². The van der Waals surface area contributed by atoms with Crippen LogP contribution in [0.3, 0.4) is 0 Å². The predicted molar refractivity (Wildman–Crippen MR) is 88.1 cm³/mol. The Morgan fingerprint density at radius 3 is 2.50 bits per heavy atom. The van der Waals surface area contributed by atoms with Crippen molar-refractivity contribution in [3.05, 3.63) is 64.6 Å². The summed E-state index contributed by atoms with van der Waals surface area (Å²) < 4.78 is 1.04. The molecule has 0 heterocycles. The Morgan fingerprint density at radius 1 is 1.10 bits per heavy atom. The van der Waals surface area contributed by atoms with Crippen LogP contribution in [0.25, 0.3) is 0 Å². The average molecular weight is 334 g/mol. The number of anilines is 1. The van der Waals surface area contributed by atoms with Crippen LogP contribution in [0.15, 0.2) is 59.1 Å². The Labute approximate surface area is 129 Å². The fourth-order valence-corrected chi connectivity index (χ4v) is 2.74. The Kier molecular flexibility index (Phi) is 5.62. The third-order valence-electron chi connectivity index (χ3n) is 3.42. The molecule has 3 heteroatoms. The molecule has 0 spiro atoms. The van der Waals surface area contributed by atoms with Crippen LogP contribution in [0.2, 0.25) is 0 Å². The fraction of sp³-hybridized carbons (Fsp3) is 0.294. The summed E-state index contributed by atoms with van der Waals surface area (Å²) in [6, 6.07) is 18.5. The van der Waals surface area contributed by atoms with E-state index >= 15 is 0 Å². The van der Waals surface area contributed by atoms with E-state index in [2.05, 4.69) is 52.4 Å². The monoisotopic (exact) mass is 333 g/mol. The summed E-state index contributed by atoms with van der Waals surface area (Å²) in [5.74, 6) is 0.410. The maximum absolute atomic E-state index is 9.58. The van der Waals surface area contributed by atoms with Crippen LogP contribution >= 0.6 is 15.9 Å². The Hall–Kier alpha value is -1.32. The molecule has 2 aromatic rings. The first-order valence-electron chi connectivity index (χ1n) is 6.87. The van der Waals surface area contributed by atoms with E-state index in [-0.39, 0.29) is 12.6 Å². The van der Waals surface area contributed by atoms with E-state index in [1.807, 2.05) is 30.3 Å². The molecule has 2 N–H and O–H groups in total. The van der Waals surface area contributed by atoms with Crippen LogP contribution in [0.5, 0.6) is 0 Å². The molecule has 2 unspecified atom stereocenters. The number of hydrogen-bond acceptors (Lipinski definition) is 2. The zero-order valence-electron chi connectivity index (χ0n) is 11.6. The van der Waals surface area contributed by atoms with Gasteiger partial charge in [-0.1, -0.05) is 59.3 Å². The van der Waals surface area contributed by atoms with Crippen LogP contribution in [0.4, 0.5) is 5.69 Å². The second kappa shape index (κ2) is 7.46. The second-order valence-corrected chi connectivity index (χ2v) is 6.00. The number of rotatable bonds is 6. The van der Waals surface area contributed by atoms with E-state index in [0.29, 0.717) is 5.92 Å². The largest absolute Gasteiger partial charge is 0.394 e. The van der Waals surface area contributed by atoms with Gasteiger partial charge in [0.15, 0.2) is 0 Å².